The van der Waals surface area contributed by atoms with Crippen LogP contribution in [0.15, 0.2) is 40.8 Å². The number of pyridine rings is 1. The van der Waals surface area contributed by atoms with Gasteiger partial charge in [0.1, 0.15) is 12.2 Å². The van der Waals surface area contributed by atoms with Crippen molar-refractivity contribution < 1.29 is 27.8 Å². The first-order chi connectivity index (χ1) is 14.8. The minimum absolute atomic E-state index is 0.113. The second-order valence-corrected chi connectivity index (χ2v) is 8.18. The lowest BCUT2D eigenvalue weighted by molar-refractivity contribution is -0.143. The molecule has 0 bridgehead atoms. The number of aryl methyl sites for hydroxylation is 1. The molecule has 8 heteroatoms. The van der Waals surface area contributed by atoms with E-state index < -0.39 is 29.9 Å². The minimum atomic E-state index is -4.58. The van der Waals surface area contributed by atoms with Crippen molar-refractivity contribution in [1.29, 1.82) is 0 Å². The Morgan fingerprint density at radius 1 is 1.25 bits per heavy atom. The lowest BCUT2D eigenvalue weighted by Gasteiger charge is -2.14. The average Bonchev–Trinajstić information content (AvgIpc) is 3.04. The van der Waals surface area contributed by atoms with Crippen LogP contribution in [0.2, 0.25) is 0 Å². The first-order valence-electron chi connectivity index (χ1n) is 9.80. The number of aromatic nitrogens is 1. The van der Waals surface area contributed by atoms with Crippen molar-refractivity contribution in [2.45, 2.75) is 45.6 Å². The molecule has 1 aliphatic rings. The van der Waals surface area contributed by atoms with Crippen LogP contribution in [0.5, 0.6) is 0 Å². The van der Waals surface area contributed by atoms with Crippen LogP contribution in [0.25, 0.3) is 5.57 Å². The number of aliphatic hydroxyl groups is 1. The molecule has 0 fully saturated rings. The fourth-order valence-corrected chi connectivity index (χ4v) is 3.55. The van der Waals surface area contributed by atoms with E-state index in [1.807, 2.05) is 0 Å². The third-order valence-electron chi connectivity index (χ3n) is 4.98. The number of carbonyl (C=O) groups is 1. The summed E-state index contributed by atoms with van der Waals surface area (Å²) in [6.07, 6.45) is -2.92. The highest BCUT2D eigenvalue weighted by Crippen LogP contribution is 2.35. The van der Waals surface area contributed by atoms with Gasteiger partial charge in [-0.25, -0.2) is 4.79 Å². The molecule has 0 unspecified atom stereocenters. The number of allylic oxidation sites excluding steroid dienone is 1. The Morgan fingerprint density at radius 2 is 1.91 bits per heavy atom. The Bertz CT molecular complexity index is 1240. The standard InChI is InChI=1S/C24H22F3NO4/c1-14-11-17-20(15(9-10-23(2,3)31)12-28(4)21(17)29)19(14)22(30)32-13-16-7-5-6-8-18(16)24(25,26)27/h5-8,12,31H,11,13H2,1-4H3. The fraction of sp³-hybridized carbons (Fsp3) is 0.333. The molecule has 2 aromatic rings. The third-order valence-corrected chi connectivity index (χ3v) is 4.98. The van der Waals surface area contributed by atoms with Gasteiger partial charge in [0.15, 0.2) is 0 Å². The van der Waals surface area contributed by atoms with Crippen molar-refractivity contribution in [2.24, 2.45) is 7.05 Å². The van der Waals surface area contributed by atoms with Gasteiger partial charge in [0.2, 0.25) is 0 Å². The summed E-state index contributed by atoms with van der Waals surface area (Å²) in [5.74, 6) is 4.64. The lowest BCUT2D eigenvalue weighted by atomic mass is 10.00. The number of halogens is 3. The molecule has 5 nitrogen and oxygen atoms in total. The van der Waals surface area contributed by atoms with Gasteiger partial charge in [-0.1, -0.05) is 35.6 Å². The monoisotopic (exact) mass is 445 g/mol. The number of rotatable bonds is 3. The third kappa shape index (κ3) is 4.78. The zero-order chi connectivity index (χ0) is 23.8. The number of hydrogen-bond donors (Lipinski definition) is 1. The summed E-state index contributed by atoms with van der Waals surface area (Å²) in [7, 11) is 1.55. The molecule has 0 saturated carbocycles. The predicted octanol–water partition coefficient (Wildman–Crippen LogP) is 3.60. The molecule has 3 rings (SSSR count). The SMILES string of the molecule is CC1=C(C(=O)OCc2ccccc2C(F)(F)F)c2c(C#CC(C)(C)O)cn(C)c(=O)c2C1. The Hall–Kier alpha value is -3.31. The van der Waals surface area contributed by atoms with Crippen molar-refractivity contribution >= 4 is 11.5 Å². The van der Waals surface area contributed by atoms with Crippen LogP contribution < -0.4 is 5.56 Å². The zero-order valence-electron chi connectivity index (χ0n) is 18.1. The number of ether oxygens (including phenoxy) is 1. The van der Waals surface area contributed by atoms with Crippen molar-refractivity contribution in [3.8, 4) is 11.8 Å². The maximum atomic E-state index is 13.2. The van der Waals surface area contributed by atoms with Crippen molar-refractivity contribution in [3.05, 3.63) is 74.2 Å². The summed E-state index contributed by atoms with van der Waals surface area (Å²) in [6, 6.07) is 4.86. The molecule has 0 spiro atoms. The first kappa shape index (κ1) is 23.4. The molecule has 1 aliphatic carbocycles. The molecule has 1 heterocycles. The smallest absolute Gasteiger partial charge is 0.416 e. The summed E-state index contributed by atoms with van der Waals surface area (Å²) < 4.78 is 46.3. The van der Waals surface area contributed by atoms with E-state index in [0.29, 0.717) is 22.3 Å². The van der Waals surface area contributed by atoms with Gasteiger partial charge in [-0.15, -0.1) is 0 Å². The topological polar surface area (TPSA) is 68.5 Å². The summed E-state index contributed by atoms with van der Waals surface area (Å²) >= 11 is 0. The molecule has 32 heavy (non-hydrogen) atoms. The number of alkyl halides is 3. The summed E-state index contributed by atoms with van der Waals surface area (Å²) in [5, 5.41) is 9.94. The summed E-state index contributed by atoms with van der Waals surface area (Å²) in [5.41, 5.74) is -0.979. The van der Waals surface area contributed by atoms with E-state index in [4.69, 9.17) is 4.74 Å². The molecule has 0 saturated heterocycles. The maximum Gasteiger partial charge on any atom is 0.416 e. The quantitative estimate of drug-likeness (QED) is 0.579. The zero-order valence-corrected chi connectivity index (χ0v) is 18.1. The molecule has 1 aromatic heterocycles. The van der Waals surface area contributed by atoms with E-state index in [1.54, 1.807) is 14.0 Å². The van der Waals surface area contributed by atoms with E-state index in [1.165, 1.54) is 42.8 Å². The number of hydrogen-bond acceptors (Lipinski definition) is 4. The Labute approximate surface area is 183 Å². The van der Waals surface area contributed by atoms with E-state index >= 15 is 0 Å². The van der Waals surface area contributed by atoms with Crippen molar-refractivity contribution in [1.82, 2.24) is 4.57 Å². The Balaban J connectivity index is 1.99. The largest absolute Gasteiger partial charge is 0.457 e. The normalized spacial score (nSPS) is 13.5. The second kappa shape index (κ2) is 8.32. The van der Waals surface area contributed by atoms with Gasteiger partial charge in [-0.2, -0.15) is 13.2 Å². The first-order valence-corrected chi connectivity index (χ1v) is 9.80. The second-order valence-electron chi connectivity index (χ2n) is 8.18. The average molecular weight is 445 g/mol. The van der Waals surface area contributed by atoms with Crippen LogP contribution in [-0.4, -0.2) is 21.2 Å². The Kier molecular flexibility index (Phi) is 6.07. The van der Waals surface area contributed by atoms with Gasteiger partial charge in [-0.05, 0) is 26.8 Å². The van der Waals surface area contributed by atoms with E-state index in [2.05, 4.69) is 11.8 Å². The maximum absolute atomic E-state index is 13.2. The minimum Gasteiger partial charge on any atom is -0.457 e. The number of carbonyl (C=O) groups excluding carboxylic acids is 1. The number of benzene rings is 1. The molecule has 0 amide bonds. The lowest BCUT2D eigenvalue weighted by Crippen LogP contribution is -2.23. The molecule has 1 aromatic carbocycles. The predicted molar refractivity (Wildman–Crippen MR) is 112 cm³/mol. The summed E-state index contributed by atoms with van der Waals surface area (Å²) in [6.45, 7) is 4.08. The summed E-state index contributed by atoms with van der Waals surface area (Å²) in [4.78, 5) is 25.6. The fourth-order valence-electron chi connectivity index (χ4n) is 3.55. The van der Waals surface area contributed by atoms with E-state index in [9.17, 15) is 27.9 Å². The van der Waals surface area contributed by atoms with Crippen LogP contribution in [-0.2, 0) is 35.8 Å². The van der Waals surface area contributed by atoms with E-state index in [-0.39, 0.29) is 23.1 Å². The molecule has 0 atom stereocenters. The molecular weight excluding hydrogens is 423 g/mol. The molecule has 168 valence electrons. The molecule has 0 radical (unpaired) electrons. The van der Waals surface area contributed by atoms with Crippen molar-refractivity contribution in [3.63, 3.8) is 0 Å². The number of esters is 1. The molecule has 1 N–H and O–H groups in total. The van der Waals surface area contributed by atoms with Crippen LogP contribution in [0, 0.1) is 11.8 Å². The molecule has 0 aliphatic heterocycles. The van der Waals surface area contributed by atoms with Crippen LogP contribution >= 0.6 is 0 Å². The van der Waals surface area contributed by atoms with Gasteiger partial charge >= 0.3 is 12.1 Å². The Morgan fingerprint density at radius 3 is 2.53 bits per heavy atom. The van der Waals surface area contributed by atoms with Crippen molar-refractivity contribution in [2.75, 3.05) is 0 Å². The van der Waals surface area contributed by atoms with Gasteiger partial charge < -0.3 is 14.4 Å². The van der Waals surface area contributed by atoms with Gasteiger partial charge in [0.05, 0.1) is 11.1 Å². The van der Waals surface area contributed by atoms with Crippen LogP contribution in [0.3, 0.4) is 0 Å². The van der Waals surface area contributed by atoms with Gasteiger partial charge in [0.25, 0.3) is 5.56 Å². The highest BCUT2D eigenvalue weighted by molar-refractivity contribution is 6.19. The number of fused-ring (bicyclic) bond motifs is 1. The highest BCUT2D eigenvalue weighted by atomic mass is 19.4. The highest BCUT2D eigenvalue weighted by Gasteiger charge is 2.34. The van der Waals surface area contributed by atoms with Crippen LogP contribution in [0.4, 0.5) is 13.2 Å². The number of nitrogens with zero attached hydrogens (tertiary/aromatic N) is 1. The van der Waals surface area contributed by atoms with Crippen LogP contribution in [0.1, 0.15) is 48.6 Å². The van der Waals surface area contributed by atoms with E-state index in [0.717, 1.165) is 6.07 Å². The van der Waals surface area contributed by atoms with Gasteiger partial charge in [-0.3, -0.25) is 4.79 Å². The van der Waals surface area contributed by atoms with Gasteiger partial charge in [0, 0.05) is 41.9 Å². The molecular formula is C24H22F3NO4.